The molecule has 4 nitrogen and oxygen atoms in total. The summed E-state index contributed by atoms with van der Waals surface area (Å²) in [6, 6.07) is 6.00. The second kappa shape index (κ2) is 5.48. The number of rotatable bonds is 5. The number of anilines is 1. The van der Waals surface area contributed by atoms with Gasteiger partial charge in [-0.3, -0.25) is 9.67 Å². The molecule has 0 radical (unpaired) electrons. The summed E-state index contributed by atoms with van der Waals surface area (Å²) in [5.74, 6) is 0. The van der Waals surface area contributed by atoms with E-state index in [4.69, 9.17) is 0 Å². The summed E-state index contributed by atoms with van der Waals surface area (Å²) in [7, 11) is 1.95. The predicted octanol–water partition coefficient (Wildman–Crippen LogP) is 2.03. The summed E-state index contributed by atoms with van der Waals surface area (Å²) in [6.45, 7) is 3.00. The van der Waals surface area contributed by atoms with Gasteiger partial charge in [0.1, 0.15) is 0 Å². The van der Waals surface area contributed by atoms with E-state index in [2.05, 4.69) is 22.3 Å². The molecule has 1 N–H and O–H groups in total. The summed E-state index contributed by atoms with van der Waals surface area (Å²) in [4.78, 5) is 4.30. The molecule has 0 fully saturated rings. The highest BCUT2D eigenvalue weighted by Crippen LogP contribution is 2.13. The van der Waals surface area contributed by atoms with Gasteiger partial charge in [-0.15, -0.1) is 0 Å². The standard InChI is InChI=1S/C13H18N4/c1-3-12-13(10-17(2)16-12)15-9-7-11-6-4-5-8-14-11/h4-6,8,10,15H,3,7,9H2,1-2H3. The topological polar surface area (TPSA) is 42.7 Å². The highest BCUT2D eigenvalue weighted by molar-refractivity contribution is 5.46. The first-order chi connectivity index (χ1) is 8.29. The van der Waals surface area contributed by atoms with E-state index in [1.165, 1.54) is 0 Å². The van der Waals surface area contributed by atoms with Crippen LogP contribution in [-0.4, -0.2) is 21.3 Å². The minimum atomic E-state index is 0.885. The van der Waals surface area contributed by atoms with Gasteiger partial charge in [-0.1, -0.05) is 13.0 Å². The van der Waals surface area contributed by atoms with Gasteiger partial charge in [-0.25, -0.2) is 0 Å². The lowest BCUT2D eigenvalue weighted by molar-refractivity contribution is 0.746. The lowest BCUT2D eigenvalue weighted by Gasteiger charge is -2.04. The van der Waals surface area contributed by atoms with Crippen molar-refractivity contribution in [3.05, 3.63) is 42.0 Å². The fourth-order valence-corrected chi connectivity index (χ4v) is 1.81. The van der Waals surface area contributed by atoms with Gasteiger partial charge in [-0.05, 0) is 18.6 Å². The Kier molecular flexibility index (Phi) is 3.75. The van der Waals surface area contributed by atoms with Crippen LogP contribution >= 0.6 is 0 Å². The van der Waals surface area contributed by atoms with Crippen molar-refractivity contribution in [3.63, 3.8) is 0 Å². The molecule has 0 atom stereocenters. The Bertz CT molecular complexity index is 462. The van der Waals surface area contributed by atoms with Crippen LogP contribution in [-0.2, 0) is 19.9 Å². The van der Waals surface area contributed by atoms with Crippen molar-refractivity contribution in [2.24, 2.45) is 7.05 Å². The molecule has 0 aliphatic rings. The van der Waals surface area contributed by atoms with Crippen LogP contribution in [0.25, 0.3) is 0 Å². The van der Waals surface area contributed by atoms with E-state index in [-0.39, 0.29) is 0 Å². The molecule has 0 aliphatic carbocycles. The van der Waals surface area contributed by atoms with Gasteiger partial charge in [-0.2, -0.15) is 5.10 Å². The quantitative estimate of drug-likeness (QED) is 0.854. The lowest BCUT2D eigenvalue weighted by Crippen LogP contribution is -2.06. The normalized spacial score (nSPS) is 10.5. The maximum atomic E-state index is 4.39. The van der Waals surface area contributed by atoms with Gasteiger partial charge in [0.15, 0.2) is 0 Å². The highest BCUT2D eigenvalue weighted by atomic mass is 15.3. The fourth-order valence-electron chi connectivity index (χ4n) is 1.81. The van der Waals surface area contributed by atoms with Gasteiger partial charge in [0, 0.05) is 38.1 Å². The Morgan fingerprint density at radius 3 is 2.94 bits per heavy atom. The van der Waals surface area contributed by atoms with Crippen LogP contribution in [0.1, 0.15) is 18.3 Å². The van der Waals surface area contributed by atoms with E-state index >= 15 is 0 Å². The first-order valence-electron chi connectivity index (χ1n) is 5.96. The summed E-state index contributed by atoms with van der Waals surface area (Å²) >= 11 is 0. The van der Waals surface area contributed by atoms with E-state index in [0.29, 0.717) is 0 Å². The minimum Gasteiger partial charge on any atom is -0.382 e. The van der Waals surface area contributed by atoms with Crippen molar-refractivity contribution in [1.29, 1.82) is 0 Å². The van der Waals surface area contributed by atoms with Crippen LogP contribution < -0.4 is 5.32 Å². The second-order valence-corrected chi connectivity index (χ2v) is 4.01. The first-order valence-corrected chi connectivity index (χ1v) is 5.96. The molecule has 17 heavy (non-hydrogen) atoms. The molecule has 0 aliphatic heterocycles. The molecule has 0 saturated heterocycles. The average Bonchev–Trinajstić information content (AvgIpc) is 2.71. The summed E-state index contributed by atoms with van der Waals surface area (Å²) in [5.41, 5.74) is 3.36. The molecule has 0 unspecified atom stereocenters. The van der Waals surface area contributed by atoms with E-state index in [0.717, 1.165) is 36.5 Å². The first kappa shape index (κ1) is 11.6. The molecule has 2 heterocycles. The molecule has 2 rings (SSSR count). The number of aromatic nitrogens is 3. The monoisotopic (exact) mass is 230 g/mol. The van der Waals surface area contributed by atoms with Crippen LogP contribution in [0.4, 0.5) is 5.69 Å². The smallest absolute Gasteiger partial charge is 0.0853 e. The maximum Gasteiger partial charge on any atom is 0.0853 e. The number of hydrogen-bond acceptors (Lipinski definition) is 3. The van der Waals surface area contributed by atoms with Gasteiger partial charge < -0.3 is 5.32 Å². The van der Waals surface area contributed by atoms with Crippen LogP contribution in [0.2, 0.25) is 0 Å². The van der Waals surface area contributed by atoms with E-state index in [1.54, 1.807) is 0 Å². The Labute approximate surface area is 102 Å². The summed E-state index contributed by atoms with van der Waals surface area (Å²) in [6.07, 6.45) is 5.74. The van der Waals surface area contributed by atoms with Crippen molar-refractivity contribution in [2.45, 2.75) is 19.8 Å². The van der Waals surface area contributed by atoms with Crippen LogP contribution in [0.5, 0.6) is 0 Å². The molecule has 2 aromatic heterocycles. The van der Waals surface area contributed by atoms with Crippen molar-refractivity contribution in [2.75, 3.05) is 11.9 Å². The van der Waals surface area contributed by atoms with Crippen molar-refractivity contribution >= 4 is 5.69 Å². The molecule has 90 valence electrons. The van der Waals surface area contributed by atoms with E-state index in [9.17, 15) is 0 Å². The number of aryl methyl sites for hydroxylation is 2. The molecule has 0 spiro atoms. The zero-order valence-electron chi connectivity index (χ0n) is 10.3. The number of hydrogen-bond donors (Lipinski definition) is 1. The van der Waals surface area contributed by atoms with Crippen LogP contribution in [0.15, 0.2) is 30.6 Å². The molecule has 0 saturated carbocycles. The zero-order valence-corrected chi connectivity index (χ0v) is 10.3. The molecule has 0 amide bonds. The SMILES string of the molecule is CCc1nn(C)cc1NCCc1ccccn1. The van der Waals surface area contributed by atoms with Crippen molar-refractivity contribution in [3.8, 4) is 0 Å². The number of pyridine rings is 1. The van der Waals surface area contributed by atoms with E-state index in [1.807, 2.05) is 42.3 Å². The molecule has 4 heteroatoms. The highest BCUT2D eigenvalue weighted by Gasteiger charge is 2.04. The van der Waals surface area contributed by atoms with Crippen molar-refractivity contribution < 1.29 is 0 Å². The number of nitrogens with zero attached hydrogens (tertiary/aromatic N) is 3. The Morgan fingerprint density at radius 2 is 2.24 bits per heavy atom. The zero-order chi connectivity index (χ0) is 12.1. The summed E-state index contributed by atoms with van der Waals surface area (Å²) in [5, 5.41) is 7.80. The van der Waals surface area contributed by atoms with Gasteiger partial charge in [0.25, 0.3) is 0 Å². The molecule has 2 aromatic rings. The van der Waals surface area contributed by atoms with Gasteiger partial charge in [0.2, 0.25) is 0 Å². The predicted molar refractivity (Wildman–Crippen MR) is 69.0 cm³/mol. The van der Waals surface area contributed by atoms with Crippen molar-refractivity contribution in [1.82, 2.24) is 14.8 Å². The van der Waals surface area contributed by atoms with E-state index < -0.39 is 0 Å². The third kappa shape index (κ3) is 3.06. The Hall–Kier alpha value is -1.84. The maximum absolute atomic E-state index is 4.39. The largest absolute Gasteiger partial charge is 0.382 e. The molecule has 0 bridgehead atoms. The third-order valence-corrected chi connectivity index (χ3v) is 2.66. The third-order valence-electron chi connectivity index (χ3n) is 2.66. The number of nitrogens with one attached hydrogen (secondary N) is 1. The van der Waals surface area contributed by atoms with Gasteiger partial charge in [0.05, 0.1) is 11.4 Å². The summed E-state index contributed by atoms with van der Waals surface area (Å²) < 4.78 is 1.85. The Morgan fingerprint density at radius 1 is 1.35 bits per heavy atom. The van der Waals surface area contributed by atoms with Gasteiger partial charge >= 0.3 is 0 Å². The molecular formula is C13H18N4. The van der Waals surface area contributed by atoms with Crippen LogP contribution in [0, 0.1) is 0 Å². The Balaban J connectivity index is 1.90. The molecular weight excluding hydrogens is 212 g/mol. The fraction of sp³-hybridized carbons (Fsp3) is 0.385. The second-order valence-electron chi connectivity index (χ2n) is 4.01. The van der Waals surface area contributed by atoms with Crippen LogP contribution in [0.3, 0.4) is 0 Å². The minimum absolute atomic E-state index is 0.885. The lowest BCUT2D eigenvalue weighted by atomic mass is 10.2. The average molecular weight is 230 g/mol. The molecule has 0 aromatic carbocycles.